The minimum Gasteiger partial charge on any atom is -0.481 e. The molecule has 0 radical (unpaired) electrons. The van der Waals surface area contributed by atoms with E-state index in [4.69, 9.17) is 10.5 Å². The number of rotatable bonds is 4. The van der Waals surface area contributed by atoms with Crippen LogP contribution in [0.5, 0.6) is 5.75 Å². The Morgan fingerprint density at radius 1 is 1.29 bits per heavy atom. The maximum absolute atomic E-state index is 13.6. The Hall–Kier alpha value is -2.56. The van der Waals surface area contributed by atoms with Crippen LogP contribution in [0, 0.1) is 12.7 Å². The fourth-order valence-corrected chi connectivity index (χ4v) is 1.82. The largest absolute Gasteiger partial charge is 0.481 e. The number of nitrogen functional groups attached to an aromatic ring is 1. The molecular weight excluding hydrogens is 271 g/mol. The monoisotopic (exact) mass is 288 g/mol. The summed E-state index contributed by atoms with van der Waals surface area (Å²) in [6, 6.07) is 11.4. The molecule has 0 fully saturated rings. The van der Waals surface area contributed by atoms with Crippen LogP contribution in [0.15, 0.2) is 42.5 Å². The van der Waals surface area contributed by atoms with Crippen molar-refractivity contribution in [3.8, 4) is 5.75 Å². The van der Waals surface area contributed by atoms with Crippen molar-refractivity contribution in [2.45, 2.75) is 20.0 Å². The fourth-order valence-electron chi connectivity index (χ4n) is 1.82. The van der Waals surface area contributed by atoms with E-state index in [-0.39, 0.29) is 5.69 Å². The van der Waals surface area contributed by atoms with Gasteiger partial charge in [0.2, 0.25) is 0 Å². The number of aryl methyl sites for hydroxylation is 1. The second kappa shape index (κ2) is 6.26. The molecule has 0 aromatic heterocycles. The average Bonchev–Trinajstić information content (AvgIpc) is 2.43. The van der Waals surface area contributed by atoms with Crippen LogP contribution in [0.3, 0.4) is 0 Å². The molecule has 0 heterocycles. The van der Waals surface area contributed by atoms with Crippen LogP contribution in [0.2, 0.25) is 0 Å². The Morgan fingerprint density at radius 2 is 2.05 bits per heavy atom. The van der Waals surface area contributed by atoms with Gasteiger partial charge in [-0.05, 0) is 49.7 Å². The topological polar surface area (TPSA) is 64.3 Å². The van der Waals surface area contributed by atoms with E-state index in [1.54, 1.807) is 13.0 Å². The third-order valence-electron chi connectivity index (χ3n) is 2.92. The first-order chi connectivity index (χ1) is 9.95. The summed E-state index contributed by atoms with van der Waals surface area (Å²) >= 11 is 0. The normalized spacial score (nSPS) is 11.8. The van der Waals surface area contributed by atoms with Gasteiger partial charge in [-0.1, -0.05) is 12.1 Å². The Labute approximate surface area is 122 Å². The number of nitrogens with one attached hydrogen (secondary N) is 1. The van der Waals surface area contributed by atoms with Crippen molar-refractivity contribution in [2.75, 3.05) is 11.1 Å². The van der Waals surface area contributed by atoms with Crippen LogP contribution in [0.1, 0.15) is 12.5 Å². The van der Waals surface area contributed by atoms with Crippen LogP contribution >= 0.6 is 0 Å². The average molecular weight is 288 g/mol. The number of hydrogen-bond acceptors (Lipinski definition) is 3. The van der Waals surface area contributed by atoms with Gasteiger partial charge in [-0.15, -0.1) is 0 Å². The maximum Gasteiger partial charge on any atom is 0.265 e. The number of benzene rings is 2. The molecule has 0 saturated heterocycles. The second-order valence-corrected chi connectivity index (χ2v) is 4.81. The summed E-state index contributed by atoms with van der Waals surface area (Å²) in [5.74, 6) is -0.396. The molecule has 5 heteroatoms. The van der Waals surface area contributed by atoms with Gasteiger partial charge in [-0.2, -0.15) is 0 Å². The van der Waals surface area contributed by atoms with Gasteiger partial charge in [0, 0.05) is 5.69 Å². The van der Waals surface area contributed by atoms with Crippen molar-refractivity contribution < 1.29 is 13.9 Å². The van der Waals surface area contributed by atoms with E-state index in [0.717, 1.165) is 5.56 Å². The summed E-state index contributed by atoms with van der Waals surface area (Å²) in [4.78, 5) is 12.0. The molecule has 2 aromatic carbocycles. The molecule has 4 nitrogen and oxygen atoms in total. The number of ether oxygens (including phenoxy) is 1. The van der Waals surface area contributed by atoms with E-state index in [1.165, 1.54) is 18.2 Å². The van der Waals surface area contributed by atoms with Crippen molar-refractivity contribution in [3.05, 3.63) is 53.8 Å². The molecule has 0 unspecified atom stereocenters. The first-order valence-electron chi connectivity index (χ1n) is 6.55. The molecule has 0 bridgehead atoms. The quantitative estimate of drug-likeness (QED) is 0.850. The van der Waals surface area contributed by atoms with E-state index in [1.807, 2.05) is 25.1 Å². The SMILES string of the molecule is Cc1cccc(O[C@H](C)C(=O)Nc2cc(N)ccc2F)c1. The number of hydrogen-bond donors (Lipinski definition) is 2. The summed E-state index contributed by atoms with van der Waals surface area (Å²) in [6.45, 7) is 3.53. The lowest BCUT2D eigenvalue weighted by Crippen LogP contribution is -2.30. The number of anilines is 2. The molecule has 0 saturated carbocycles. The molecule has 1 amide bonds. The van der Waals surface area contributed by atoms with E-state index in [9.17, 15) is 9.18 Å². The van der Waals surface area contributed by atoms with E-state index in [2.05, 4.69) is 5.32 Å². The molecule has 0 spiro atoms. The highest BCUT2D eigenvalue weighted by Gasteiger charge is 2.16. The standard InChI is InChI=1S/C16H17FN2O2/c1-10-4-3-5-13(8-10)21-11(2)16(20)19-15-9-12(18)6-7-14(15)17/h3-9,11H,18H2,1-2H3,(H,19,20)/t11-/m1/s1. The maximum atomic E-state index is 13.6. The molecule has 0 aliphatic rings. The van der Waals surface area contributed by atoms with Crippen molar-refractivity contribution in [1.29, 1.82) is 0 Å². The number of amides is 1. The van der Waals surface area contributed by atoms with Crippen molar-refractivity contribution >= 4 is 17.3 Å². The highest BCUT2D eigenvalue weighted by molar-refractivity contribution is 5.94. The lowest BCUT2D eigenvalue weighted by atomic mass is 10.2. The number of nitrogens with two attached hydrogens (primary N) is 1. The van der Waals surface area contributed by atoms with Gasteiger partial charge < -0.3 is 15.8 Å². The molecule has 21 heavy (non-hydrogen) atoms. The van der Waals surface area contributed by atoms with Crippen molar-refractivity contribution in [1.82, 2.24) is 0 Å². The number of halogens is 1. The minimum atomic E-state index is -0.757. The van der Waals surface area contributed by atoms with Gasteiger partial charge in [0.25, 0.3) is 5.91 Å². The minimum absolute atomic E-state index is 0.0414. The predicted octanol–water partition coefficient (Wildman–Crippen LogP) is 3.12. The predicted molar refractivity (Wildman–Crippen MR) is 80.7 cm³/mol. The van der Waals surface area contributed by atoms with Crippen LogP contribution < -0.4 is 15.8 Å². The van der Waals surface area contributed by atoms with Crippen molar-refractivity contribution in [2.24, 2.45) is 0 Å². The Kier molecular flexibility index (Phi) is 4.42. The van der Waals surface area contributed by atoms with Gasteiger partial charge in [0.15, 0.2) is 6.10 Å². The summed E-state index contributed by atoms with van der Waals surface area (Å²) < 4.78 is 19.1. The Morgan fingerprint density at radius 3 is 2.76 bits per heavy atom. The highest BCUT2D eigenvalue weighted by atomic mass is 19.1. The molecule has 3 N–H and O–H groups in total. The lowest BCUT2D eigenvalue weighted by Gasteiger charge is -2.15. The van der Waals surface area contributed by atoms with Crippen LogP contribution in [0.25, 0.3) is 0 Å². The molecule has 2 aromatic rings. The van der Waals surface area contributed by atoms with Gasteiger partial charge in [0.05, 0.1) is 5.69 Å². The summed E-state index contributed by atoms with van der Waals surface area (Å²) in [6.07, 6.45) is -0.757. The molecule has 1 atom stereocenters. The molecule has 0 aliphatic heterocycles. The van der Waals surface area contributed by atoms with Crippen LogP contribution in [-0.4, -0.2) is 12.0 Å². The van der Waals surface area contributed by atoms with Gasteiger partial charge >= 0.3 is 0 Å². The molecule has 0 aliphatic carbocycles. The van der Waals surface area contributed by atoms with Gasteiger partial charge in [0.1, 0.15) is 11.6 Å². The van der Waals surface area contributed by atoms with E-state index >= 15 is 0 Å². The molecular formula is C16H17FN2O2. The first kappa shape index (κ1) is 14.8. The lowest BCUT2D eigenvalue weighted by molar-refractivity contribution is -0.122. The van der Waals surface area contributed by atoms with Gasteiger partial charge in [-0.25, -0.2) is 4.39 Å². The van der Waals surface area contributed by atoms with Crippen LogP contribution in [0.4, 0.5) is 15.8 Å². The third kappa shape index (κ3) is 3.95. The second-order valence-electron chi connectivity index (χ2n) is 4.81. The fraction of sp³-hybridized carbons (Fsp3) is 0.188. The van der Waals surface area contributed by atoms with Crippen molar-refractivity contribution in [3.63, 3.8) is 0 Å². The third-order valence-corrected chi connectivity index (χ3v) is 2.92. The summed E-state index contributed by atoms with van der Waals surface area (Å²) in [5, 5.41) is 2.47. The Bertz CT molecular complexity index is 658. The summed E-state index contributed by atoms with van der Waals surface area (Å²) in [5.41, 5.74) is 7.02. The smallest absolute Gasteiger partial charge is 0.265 e. The zero-order chi connectivity index (χ0) is 15.4. The summed E-state index contributed by atoms with van der Waals surface area (Å²) in [7, 11) is 0. The van der Waals surface area contributed by atoms with E-state index in [0.29, 0.717) is 11.4 Å². The first-order valence-corrected chi connectivity index (χ1v) is 6.55. The Balaban J connectivity index is 2.04. The van der Waals surface area contributed by atoms with E-state index < -0.39 is 17.8 Å². The number of carbonyl (C=O) groups excluding carboxylic acids is 1. The number of carbonyl (C=O) groups is 1. The van der Waals surface area contributed by atoms with Gasteiger partial charge in [-0.3, -0.25) is 4.79 Å². The molecule has 110 valence electrons. The van der Waals surface area contributed by atoms with Crippen LogP contribution in [-0.2, 0) is 4.79 Å². The molecule has 2 rings (SSSR count). The zero-order valence-corrected chi connectivity index (χ0v) is 11.9. The zero-order valence-electron chi connectivity index (χ0n) is 11.9. The highest BCUT2D eigenvalue weighted by Crippen LogP contribution is 2.19.